The summed E-state index contributed by atoms with van der Waals surface area (Å²) in [6.07, 6.45) is 2.45. The Labute approximate surface area is 121 Å². The van der Waals surface area contributed by atoms with Crippen LogP contribution in [-0.2, 0) is 0 Å². The second kappa shape index (κ2) is 4.89. The molecule has 0 aliphatic carbocycles. The Hall–Kier alpha value is -2.34. The van der Waals surface area contributed by atoms with Gasteiger partial charge in [0.1, 0.15) is 17.6 Å². The Balaban J connectivity index is 2.44. The molecule has 0 spiro atoms. The number of phenolic OH excluding ortho intramolecular Hbond substituents is 1. The monoisotopic (exact) mass is 310 g/mol. The first-order valence-electron chi connectivity index (χ1n) is 5.75. The zero-order valence-electron chi connectivity index (χ0n) is 10.2. The largest absolute Gasteiger partial charge is 0.507 e. The minimum Gasteiger partial charge on any atom is -0.507 e. The number of halogens is 4. The van der Waals surface area contributed by atoms with E-state index in [0.717, 1.165) is 18.5 Å². The molecule has 21 heavy (non-hydrogen) atoms. The third-order valence-corrected chi connectivity index (χ3v) is 3.31. The van der Waals surface area contributed by atoms with Crippen molar-refractivity contribution in [3.63, 3.8) is 0 Å². The maximum Gasteiger partial charge on any atom is 0.170 e. The van der Waals surface area contributed by atoms with Crippen LogP contribution >= 0.6 is 11.6 Å². The summed E-state index contributed by atoms with van der Waals surface area (Å²) in [5.74, 6) is -4.19. The van der Waals surface area contributed by atoms with Crippen molar-refractivity contribution in [2.75, 3.05) is 0 Å². The fourth-order valence-corrected chi connectivity index (χ4v) is 2.36. The Morgan fingerprint density at radius 3 is 2.57 bits per heavy atom. The molecule has 0 unspecified atom stereocenters. The first-order chi connectivity index (χ1) is 10.0. The van der Waals surface area contributed by atoms with E-state index in [-0.39, 0.29) is 10.5 Å². The summed E-state index contributed by atoms with van der Waals surface area (Å²) in [6, 6.07) is 2.98. The predicted octanol–water partition coefficient (Wildman–Crippen LogP) is 4.07. The molecule has 3 nitrogen and oxygen atoms in total. The number of phenols is 1. The molecule has 0 fully saturated rings. The van der Waals surface area contributed by atoms with Gasteiger partial charge in [0, 0.05) is 17.1 Å². The number of benzene rings is 2. The maximum atomic E-state index is 14.5. The lowest BCUT2D eigenvalue weighted by Crippen LogP contribution is -1.96. The van der Waals surface area contributed by atoms with E-state index in [1.807, 2.05) is 0 Å². The minimum atomic E-state index is -1.38. The molecular weight excluding hydrogens is 305 g/mol. The van der Waals surface area contributed by atoms with Crippen LogP contribution in [0.5, 0.6) is 5.75 Å². The van der Waals surface area contributed by atoms with E-state index in [1.54, 1.807) is 0 Å². The third-order valence-electron chi connectivity index (χ3n) is 3.01. The molecule has 0 aliphatic rings. The van der Waals surface area contributed by atoms with E-state index in [0.29, 0.717) is 5.39 Å². The van der Waals surface area contributed by atoms with Crippen LogP contribution in [0.4, 0.5) is 13.2 Å². The average Bonchev–Trinajstić information content (AvgIpc) is 2.46. The molecule has 0 saturated carbocycles. The fraction of sp³-hybridized carbons (Fsp3) is 0. The zero-order chi connectivity index (χ0) is 15.1. The molecule has 106 valence electrons. The van der Waals surface area contributed by atoms with Crippen LogP contribution in [0.25, 0.3) is 22.0 Å². The molecule has 1 N–H and O–H groups in total. The van der Waals surface area contributed by atoms with Gasteiger partial charge in [0.2, 0.25) is 0 Å². The van der Waals surface area contributed by atoms with Gasteiger partial charge in [-0.25, -0.2) is 23.1 Å². The number of hydrogen-bond acceptors (Lipinski definition) is 3. The highest BCUT2D eigenvalue weighted by Crippen LogP contribution is 2.41. The maximum absolute atomic E-state index is 14.5. The molecule has 7 heteroatoms. The van der Waals surface area contributed by atoms with Gasteiger partial charge in [0.15, 0.2) is 17.5 Å². The predicted molar refractivity (Wildman–Crippen MR) is 71.5 cm³/mol. The van der Waals surface area contributed by atoms with Gasteiger partial charge in [-0.1, -0.05) is 11.6 Å². The van der Waals surface area contributed by atoms with Crippen molar-refractivity contribution in [2.24, 2.45) is 0 Å². The van der Waals surface area contributed by atoms with Gasteiger partial charge in [-0.2, -0.15) is 0 Å². The summed E-state index contributed by atoms with van der Waals surface area (Å²) in [5.41, 5.74) is -1.19. The van der Waals surface area contributed by atoms with Crippen LogP contribution in [0.15, 0.2) is 30.7 Å². The van der Waals surface area contributed by atoms with E-state index in [2.05, 4.69) is 9.97 Å². The lowest BCUT2D eigenvalue weighted by atomic mass is 10.0. The normalized spacial score (nSPS) is 11.0. The van der Waals surface area contributed by atoms with Gasteiger partial charge >= 0.3 is 0 Å². The lowest BCUT2D eigenvalue weighted by molar-refractivity contribution is 0.457. The average molecular weight is 311 g/mol. The Morgan fingerprint density at radius 1 is 1.05 bits per heavy atom. The molecule has 1 heterocycles. The van der Waals surface area contributed by atoms with E-state index in [4.69, 9.17) is 11.6 Å². The highest BCUT2D eigenvalue weighted by atomic mass is 35.5. The highest BCUT2D eigenvalue weighted by molar-refractivity contribution is 6.34. The molecule has 0 bridgehead atoms. The van der Waals surface area contributed by atoms with E-state index in [9.17, 15) is 18.3 Å². The smallest absolute Gasteiger partial charge is 0.170 e. The van der Waals surface area contributed by atoms with Crippen molar-refractivity contribution in [2.45, 2.75) is 0 Å². The van der Waals surface area contributed by atoms with Crippen LogP contribution in [-0.4, -0.2) is 15.1 Å². The molecule has 0 amide bonds. The Kier molecular flexibility index (Phi) is 3.17. The van der Waals surface area contributed by atoms with Crippen molar-refractivity contribution in [1.82, 2.24) is 9.97 Å². The molecule has 0 atom stereocenters. The number of fused-ring (bicyclic) bond motifs is 1. The molecule has 0 aliphatic heterocycles. The number of nitrogens with zero attached hydrogens (tertiary/aromatic N) is 2. The van der Waals surface area contributed by atoms with Crippen molar-refractivity contribution < 1.29 is 18.3 Å². The number of rotatable bonds is 1. The Morgan fingerprint density at radius 2 is 1.81 bits per heavy atom. The first-order valence-corrected chi connectivity index (χ1v) is 6.13. The van der Waals surface area contributed by atoms with Gasteiger partial charge < -0.3 is 5.11 Å². The van der Waals surface area contributed by atoms with Crippen LogP contribution in [0.2, 0.25) is 5.02 Å². The Bertz CT molecular complexity index is 870. The topological polar surface area (TPSA) is 46.0 Å². The van der Waals surface area contributed by atoms with Crippen LogP contribution in [0.3, 0.4) is 0 Å². The van der Waals surface area contributed by atoms with Crippen LogP contribution in [0, 0.1) is 17.5 Å². The number of aromatic nitrogens is 2. The first kappa shape index (κ1) is 13.6. The van der Waals surface area contributed by atoms with Crippen LogP contribution in [0.1, 0.15) is 0 Å². The molecule has 0 radical (unpaired) electrons. The molecule has 3 aromatic rings. The van der Waals surface area contributed by atoms with Gasteiger partial charge in [0.05, 0.1) is 10.6 Å². The van der Waals surface area contributed by atoms with Crippen molar-refractivity contribution in [1.29, 1.82) is 0 Å². The summed E-state index contributed by atoms with van der Waals surface area (Å²) in [7, 11) is 0. The minimum absolute atomic E-state index is 0.104. The second-order valence-electron chi connectivity index (χ2n) is 4.26. The molecule has 2 aromatic carbocycles. The number of aromatic hydroxyl groups is 1. The lowest BCUT2D eigenvalue weighted by Gasteiger charge is -2.11. The molecule has 1 aromatic heterocycles. The van der Waals surface area contributed by atoms with E-state index in [1.165, 1.54) is 12.3 Å². The molecular formula is C14H6ClF3N2O. The van der Waals surface area contributed by atoms with Gasteiger partial charge in [0.25, 0.3) is 0 Å². The van der Waals surface area contributed by atoms with Gasteiger partial charge in [-0.3, -0.25) is 0 Å². The zero-order valence-corrected chi connectivity index (χ0v) is 11.0. The van der Waals surface area contributed by atoms with Crippen molar-refractivity contribution in [3.8, 4) is 16.9 Å². The van der Waals surface area contributed by atoms with Crippen molar-refractivity contribution in [3.05, 3.63) is 53.2 Å². The quantitative estimate of drug-likeness (QED) is 0.737. The standard InChI is InChI=1S/C14H6ClF3N2O/c15-7-3-6-4-19-5-20-14(6)13(18)10(7)11-9(21)2-1-8(16)12(11)17/h1-5,21H. The van der Waals surface area contributed by atoms with E-state index < -0.39 is 34.3 Å². The summed E-state index contributed by atoms with van der Waals surface area (Å²) in [4.78, 5) is 7.47. The summed E-state index contributed by atoms with van der Waals surface area (Å²) in [6.45, 7) is 0. The number of hydrogen-bond donors (Lipinski definition) is 1. The molecule has 0 saturated heterocycles. The SMILES string of the molecule is Oc1ccc(F)c(F)c1-c1c(Cl)cc2cncnc2c1F. The summed E-state index contributed by atoms with van der Waals surface area (Å²) < 4.78 is 41.8. The molecule has 3 rings (SSSR count). The van der Waals surface area contributed by atoms with Gasteiger partial charge in [-0.15, -0.1) is 0 Å². The second-order valence-corrected chi connectivity index (χ2v) is 4.67. The van der Waals surface area contributed by atoms with Crippen LogP contribution < -0.4 is 0 Å². The summed E-state index contributed by atoms with van der Waals surface area (Å²) in [5, 5.41) is 9.85. The third kappa shape index (κ3) is 2.08. The van der Waals surface area contributed by atoms with Gasteiger partial charge in [-0.05, 0) is 18.2 Å². The fourth-order valence-electron chi connectivity index (χ4n) is 2.07. The van der Waals surface area contributed by atoms with E-state index >= 15 is 0 Å². The summed E-state index contributed by atoms with van der Waals surface area (Å²) >= 11 is 5.94. The highest BCUT2D eigenvalue weighted by Gasteiger charge is 2.23. The van der Waals surface area contributed by atoms with Crippen molar-refractivity contribution >= 4 is 22.5 Å².